The molecule has 4 nitrogen and oxygen atoms in total. The molecule has 16 heavy (non-hydrogen) atoms. The number of nitrogens with one attached hydrogen (secondary N) is 2. The summed E-state index contributed by atoms with van der Waals surface area (Å²) >= 11 is 0. The minimum Gasteiger partial charge on any atom is -0.399 e. The third-order valence-electron chi connectivity index (χ3n) is 2.16. The molecule has 1 aromatic rings. The molecule has 0 saturated carbocycles. The Labute approximate surface area is 96.2 Å². The number of rotatable bonds is 6. The first-order valence-corrected chi connectivity index (χ1v) is 5.58. The first kappa shape index (κ1) is 12.4. The standard InChI is InChI=1S/C12H19N3O/c1-2-8-15-12(16)7-9-14-11-5-3-10(13)4-6-11/h3-6,14H,2,7-9,13H2,1H3,(H,15,16). The van der Waals surface area contributed by atoms with Crippen LogP contribution in [0.3, 0.4) is 0 Å². The summed E-state index contributed by atoms with van der Waals surface area (Å²) in [6.45, 7) is 3.42. The highest BCUT2D eigenvalue weighted by Crippen LogP contribution is 2.09. The fraction of sp³-hybridized carbons (Fsp3) is 0.417. The molecule has 88 valence electrons. The molecule has 4 heteroatoms. The number of anilines is 2. The average molecular weight is 221 g/mol. The van der Waals surface area contributed by atoms with E-state index in [9.17, 15) is 4.79 Å². The molecule has 0 aliphatic carbocycles. The molecular weight excluding hydrogens is 202 g/mol. The van der Waals surface area contributed by atoms with Crippen LogP contribution in [0.1, 0.15) is 19.8 Å². The molecule has 0 fully saturated rings. The van der Waals surface area contributed by atoms with E-state index >= 15 is 0 Å². The van der Waals surface area contributed by atoms with Crippen molar-refractivity contribution in [2.45, 2.75) is 19.8 Å². The highest BCUT2D eigenvalue weighted by molar-refractivity contribution is 5.76. The van der Waals surface area contributed by atoms with Crippen LogP contribution in [0.5, 0.6) is 0 Å². The summed E-state index contributed by atoms with van der Waals surface area (Å²) in [5.74, 6) is 0.0878. The molecule has 0 heterocycles. The van der Waals surface area contributed by atoms with E-state index < -0.39 is 0 Å². The van der Waals surface area contributed by atoms with Gasteiger partial charge in [0.25, 0.3) is 0 Å². The first-order valence-electron chi connectivity index (χ1n) is 5.58. The van der Waals surface area contributed by atoms with Gasteiger partial charge in [-0.05, 0) is 30.7 Å². The van der Waals surface area contributed by atoms with Gasteiger partial charge in [-0.2, -0.15) is 0 Å². The van der Waals surface area contributed by atoms with Crippen LogP contribution in [0.25, 0.3) is 0 Å². The van der Waals surface area contributed by atoms with Crippen molar-refractivity contribution in [3.63, 3.8) is 0 Å². The van der Waals surface area contributed by atoms with Crippen molar-refractivity contribution in [1.29, 1.82) is 0 Å². The Morgan fingerprint density at radius 1 is 1.25 bits per heavy atom. The quantitative estimate of drug-likeness (QED) is 0.639. The van der Waals surface area contributed by atoms with E-state index in [1.54, 1.807) is 0 Å². The molecule has 0 radical (unpaired) electrons. The van der Waals surface area contributed by atoms with Crippen LogP contribution in [0, 0.1) is 0 Å². The van der Waals surface area contributed by atoms with Gasteiger partial charge in [0, 0.05) is 30.9 Å². The second-order valence-corrected chi connectivity index (χ2v) is 3.65. The van der Waals surface area contributed by atoms with Gasteiger partial charge in [0.2, 0.25) is 5.91 Å². The van der Waals surface area contributed by atoms with Gasteiger partial charge in [0.1, 0.15) is 0 Å². The summed E-state index contributed by atoms with van der Waals surface area (Å²) in [5.41, 5.74) is 7.29. The average Bonchev–Trinajstić information content (AvgIpc) is 2.29. The second-order valence-electron chi connectivity index (χ2n) is 3.65. The smallest absolute Gasteiger partial charge is 0.221 e. The minimum atomic E-state index is 0.0878. The van der Waals surface area contributed by atoms with Crippen LogP contribution in [-0.4, -0.2) is 19.0 Å². The summed E-state index contributed by atoms with van der Waals surface area (Å²) < 4.78 is 0. The number of benzene rings is 1. The van der Waals surface area contributed by atoms with Gasteiger partial charge in [-0.3, -0.25) is 4.79 Å². The Kier molecular flexibility index (Phi) is 5.19. The van der Waals surface area contributed by atoms with Crippen molar-refractivity contribution < 1.29 is 4.79 Å². The van der Waals surface area contributed by atoms with Gasteiger partial charge < -0.3 is 16.4 Å². The number of hydrogen-bond acceptors (Lipinski definition) is 3. The number of carbonyl (C=O) groups excluding carboxylic acids is 1. The fourth-order valence-corrected chi connectivity index (χ4v) is 1.27. The van der Waals surface area contributed by atoms with E-state index in [0.717, 1.165) is 24.3 Å². The van der Waals surface area contributed by atoms with Crippen LogP contribution in [0.4, 0.5) is 11.4 Å². The lowest BCUT2D eigenvalue weighted by molar-refractivity contribution is -0.120. The molecule has 0 bridgehead atoms. The summed E-state index contributed by atoms with van der Waals surface area (Å²) in [6.07, 6.45) is 1.46. The molecule has 0 atom stereocenters. The molecule has 0 aromatic heterocycles. The lowest BCUT2D eigenvalue weighted by atomic mass is 10.3. The molecule has 1 aromatic carbocycles. The molecule has 0 unspecified atom stereocenters. The van der Waals surface area contributed by atoms with E-state index in [-0.39, 0.29) is 5.91 Å². The zero-order valence-electron chi connectivity index (χ0n) is 9.62. The highest BCUT2D eigenvalue weighted by atomic mass is 16.1. The van der Waals surface area contributed by atoms with Crippen LogP contribution < -0.4 is 16.4 Å². The molecule has 1 amide bonds. The third kappa shape index (κ3) is 4.68. The monoisotopic (exact) mass is 221 g/mol. The van der Waals surface area contributed by atoms with E-state index in [2.05, 4.69) is 10.6 Å². The molecule has 0 saturated heterocycles. The van der Waals surface area contributed by atoms with Gasteiger partial charge >= 0.3 is 0 Å². The van der Waals surface area contributed by atoms with Gasteiger partial charge in [-0.1, -0.05) is 6.92 Å². The number of carbonyl (C=O) groups is 1. The van der Waals surface area contributed by atoms with E-state index in [1.165, 1.54) is 0 Å². The topological polar surface area (TPSA) is 67.2 Å². The van der Waals surface area contributed by atoms with Crippen LogP contribution >= 0.6 is 0 Å². The van der Waals surface area contributed by atoms with Gasteiger partial charge in [-0.25, -0.2) is 0 Å². The predicted molar refractivity (Wildman–Crippen MR) is 67.3 cm³/mol. The zero-order valence-corrected chi connectivity index (χ0v) is 9.62. The van der Waals surface area contributed by atoms with Crippen molar-refractivity contribution in [3.05, 3.63) is 24.3 Å². The molecule has 0 aliphatic rings. The van der Waals surface area contributed by atoms with Crippen molar-refractivity contribution in [1.82, 2.24) is 5.32 Å². The van der Waals surface area contributed by atoms with Crippen LogP contribution in [0.2, 0.25) is 0 Å². The van der Waals surface area contributed by atoms with Crippen LogP contribution in [0.15, 0.2) is 24.3 Å². The molecule has 0 spiro atoms. The maximum atomic E-state index is 11.3. The molecule has 1 rings (SSSR count). The number of hydrogen-bond donors (Lipinski definition) is 3. The predicted octanol–water partition coefficient (Wildman–Crippen LogP) is 1.60. The van der Waals surface area contributed by atoms with Crippen LogP contribution in [-0.2, 0) is 4.79 Å². The summed E-state index contributed by atoms with van der Waals surface area (Å²) in [5, 5.41) is 5.99. The summed E-state index contributed by atoms with van der Waals surface area (Å²) in [4.78, 5) is 11.3. The second kappa shape index (κ2) is 6.71. The molecule has 4 N–H and O–H groups in total. The first-order chi connectivity index (χ1) is 7.72. The minimum absolute atomic E-state index is 0.0878. The lowest BCUT2D eigenvalue weighted by Crippen LogP contribution is -2.25. The SMILES string of the molecule is CCCNC(=O)CCNc1ccc(N)cc1. The molecule has 0 aliphatic heterocycles. The van der Waals surface area contributed by atoms with E-state index in [4.69, 9.17) is 5.73 Å². The Hall–Kier alpha value is -1.71. The molecular formula is C12H19N3O. The zero-order chi connectivity index (χ0) is 11.8. The maximum absolute atomic E-state index is 11.3. The number of amides is 1. The highest BCUT2D eigenvalue weighted by Gasteiger charge is 1.99. The third-order valence-corrected chi connectivity index (χ3v) is 2.16. The largest absolute Gasteiger partial charge is 0.399 e. The van der Waals surface area contributed by atoms with Crippen molar-refractivity contribution in [2.24, 2.45) is 0 Å². The Balaban J connectivity index is 2.20. The summed E-state index contributed by atoms with van der Waals surface area (Å²) in [7, 11) is 0. The Morgan fingerprint density at radius 3 is 2.56 bits per heavy atom. The van der Waals surface area contributed by atoms with Gasteiger partial charge in [0.05, 0.1) is 0 Å². The fourth-order valence-electron chi connectivity index (χ4n) is 1.27. The van der Waals surface area contributed by atoms with Gasteiger partial charge in [0.15, 0.2) is 0 Å². The summed E-state index contributed by atoms with van der Waals surface area (Å²) in [6, 6.07) is 7.47. The lowest BCUT2D eigenvalue weighted by Gasteiger charge is -2.06. The van der Waals surface area contributed by atoms with Crippen molar-refractivity contribution >= 4 is 17.3 Å². The van der Waals surface area contributed by atoms with Crippen molar-refractivity contribution in [3.8, 4) is 0 Å². The number of nitrogen functional groups attached to an aromatic ring is 1. The van der Waals surface area contributed by atoms with E-state index in [0.29, 0.717) is 13.0 Å². The normalized spacial score (nSPS) is 9.81. The van der Waals surface area contributed by atoms with Crippen molar-refractivity contribution in [2.75, 3.05) is 24.1 Å². The van der Waals surface area contributed by atoms with Gasteiger partial charge in [-0.15, -0.1) is 0 Å². The Bertz CT molecular complexity index is 322. The number of nitrogens with two attached hydrogens (primary N) is 1. The Morgan fingerprint density at radius 2 is 1.94 bits per heavy atom. The maximum Gasteiger partial charge on any atom is 0.221 e. The van der Waals surface area contributed by atoms with E-state index in [1.807, 2.05) is 31.2 Å².